The smallest absolute Gasteiger partial charge is 0.308 e. The molecule has 0 atom stereocenters. The summed E-state index contributed by atoms with van der Waals surface area (Å²) in [4.78, 5) is 12.8. The second kappa shape index (κ2) is 5.32. The molecule has 0 fully saturated rings. The number of nitrogens with zero attached hydrogens (tertiary/aromatic N) is 2. The quantitative estimate of drug-likeness (QED) is 0.902. The number of carboxylic acids is 1. The van der Waals surface area contributed by atoms with E-state index < -0.39 is 5.97 Å². The van der Waals surface area contributed by atoms with Crippen molar-refractivity contribution >= 4 is 23.4 Å². The summed E-state index contributed by atoms with van der Waals surface area (Å²) in [5.74, 6) is -0.257. The second-order valence-electron chi connectivity index (χ2n) is 4.37. The SMILES string of the molecule is CN(C)c1n[nH]c(-c2ccc(Cl)cc2)c1CC(=O)O. The number of carboxylic acid groups (broad SMARTS) is 1. The molecule has 2 N–H and O–H groups in total. The number of nitrogens with one attached hydrogen (secondary N) is 1. The Balaban J connectivity index is 2.50. The molecule has 100 valence electrons. The minimum absolute atomic E-state index is 0.0814. The summed E-state index contributed by atoms with van der Waals surface area (Å²) in [6.07, 6.45) is -0.0814. The molecular formula is C13H14ClN3O2. The minimum Gasteiger partial charge on any atom is -0.481 e. The van der Waals surface area contributed by atoms with Gasteiger partial charge in [0.1, 0.15) is 0 Å². The first-order chi connectivity index (χ1) is 8.99. The van der Waals surface area contributed by atoms with Gasteiger partial charge in [-0.1, -0.05) is 23.7 Å². The van der Waals surface area contributed by atoms with Gasteiger partial charge < -0.3 is 10.0 Å². The van der Waals surface area contributed by atoms with Crippen LogP contribution >= 0.6 is 11.6 Å². The van der Waals surface area contributed by atoms with Gasteiger partial charge in [0.2, 0.25) is 0 Å². The maximum atomic E-state index is 11.0. The largest absolute Gasteiger partial charge is 0.481 e. The van der Waals surface area contributed by atoms with E-state index >= 15 is 0 Å². The number of rotatable bonds is 4. The third-order valence-electron chi connectivity index (χ3n) is 2.73. The van der Waals surface area contributed by atoms with Crippen LogP contribution in [0.1, 0.15) is 5.56 Å². The topological polar surface area (TPSA) is 69.2 Å². The fourth-order valence-corrected chi connectivity index (χ4v) is 2.03. The standard InChI is InChI=1S/C13H14ClN3O2/c1-17(2)13-10(7-11(18)19)12(15-16-13)8-3-5-9(14)6-4-8/h3-6H,7H2,1-2H3,(H,15,16)(H,18,19). The molecule has 0 saturated heterocycles. The van der Waals surface area contributed by atoms with Gasteiger partial charge in [-0.05, 0) is 12.1 Å². The third kappa shape index (κ3) is 2.88. The van der Waals surface area contributed by atoms with E-state index in [0.717, 1.165) is 5.56 Å². The molecule has 0 aliphatic carbocycles. The Hall–Kier alpha value is -2.01. The highest BCUT2D eigenvalue weighted by molar-refractivity contribution is 6.30. The van der Waals surface area contributed by atoms with Gasteiger partial charge in [-0.25, -0.2) is 0 Å². The molecule has 1 heterocycles. The zero-order chi connectivity index (χ0) is 14.0. The molecule has 19 heavy (non-hydrogen) atoms. The fourth-order valence-electron chi connectivity index (χ4n) is 1.90. The Morgan fingerprint density at radius 2 is 2.00 bits per heavy atom. The zero-order valence-corrected chi connectivity index (χ0v) is 11.4. The number of carbonyl (C=O) groups is 1. The number of hydrogen-bond donors (Lipinski definition) is 2. The molecule has 0 bridgehead atoms. The van der Waals surface area contributed by atoms with Crippen LogP contribution in [0.3, 0.4) is 0 Å². The van der Waals surface area contributed by atoms with Crippen LogP contribution in [0.2, 0.25) is 5.02 Å². The lowest BCUT2D eigenvalue weighted by atomic mass is 10.1. The summed E-state index contributed by atoms with van der Waals surface area (Å²) < 4.78 is 0. The monoisotopic (exact) mass is 279 g/mol. The summed E-state index contributed by atoms with van der Waals surface area (Å²) in [5, 5.41) is 16.7. The number of aromatic amines is 1. The normalized spacial score (nSPS) is 10.5. The lowest BCUT2D eigenvalue weighted by Crippen LogP contribution is -2.13. The Labute approximate surface area is 115 Å². The van der Waals surface area contributed by atoms with E-state index in [-0.39, 0.29) is 6.42 Å². The molecule has 0 amide bonds. The first-order valence-corrected chi connectivity index (χ1v) is 6.09. The van der Waals surface area contributed by atoms with E-state index in [9.17, 15) is 4.79 Å². The maximum Gasteiger partial charge on any atom is 0.308 e. The van der Waals surface area contributed by atoms with E-state index in [0.29, 0.717) is 22.1 Å². The highest BCUT2D eigenvalue weighted by Crippen LogP contribution is 2.29. The highest BCUT2D eigenvalue weighted by Gasteiger charge is 2.18. The van der Waals surface area contributed by atoms with E-state index in [1.54, 1.807) is 17.0 Å². The van der Waals surface area contributed by atoms with E-state index in [2.05, 4.69) is 10.2 Å². The molecule has 6 heteroatoms. The van der Waals surface area contributed by atoms with Crippen molar-refractivity contribution in [3.05, 3.63) is 34.9 Å². The van der Waals surface area contributed by atoms with Crippen LogP contribution in [0, 0.1) is 0 Å². The van der Waals surface area contributed by atoms with Crippen molar-refractivity contribution < 1.29 is 9.90 Å². The highest BCUT2D eigenvalue weighted by atomic mass is 35.5. The van der Waals surface area contributed by atoms with Gasteiger partial charge in [0.05, 0.1) is 12.1 Å². The predicted molar refractivity (Wildman–Crippen MR) is 74.7 cm³/mol. The van der Waals surface area contributed by atoms with Gasteiger partial charge in [0.15, 0.2) is 5.82 Å². The van der Waals surface area contributed by atoms with Crippen molar-refractivity contribution in [2.75, 3.05) is 19.0 Å². The van der Waals surface area contributed by atoms with Crippen molar-refractivity contribution in [2.45, 2.75) is 6.42 Å². The second-order valence-corrected chi connectivity index (χ2v) is 4.81. The van der Waals surface area contributed by atoms with Crippen LogP contribution in [-0.2, 0) is 11.2 Å². The lowest BCUT2D eigenvalue weighted by Gasteiger charge is -2.11. The molecule has 2 aromatic rings. The van der Waals surface area contributed by atoms with Gasteiger partial charge in [0.25, 0.3) is 0 Å². The summed E-state index contributed by atoms with van der Waals surface area (Å²) >= 11 is 5.85. The zero-order valence-electron chi connectivity index (χ0n) is 10.6. The minimum atomic E-state index is -0.889. The number of H-pyrrole nitrogens is 1. The van der Waals surface area contributed by atoms with Crippen molar-refractivity contribution in [3.8, 4) is 11.3 Å². The first-order valence-electron chi connectivity index (χ1n) is 5.71. The molecule has 0 aliphatic rings. The van der Waals surface area contributed by atoms with Crippen LogP contribution in [0.25, 0.3) is 11.3 Å². The van der Waals surface area contributed by atoms with Crippen LogP contribution in [-0.4, -0.2) is 35.4 Å². The molecule has 0 spiro atoms. The summed E-state index contributed by atoms with van der Waals surface area (Å²) in [6.45, 7) is 0. The van der Waals surface area contributed by atoms with Crippen molar-refractivity contribution in [1.82, 2.24) is 10.2 Å². The summed E-state index contributed by atoms with van der Waals surface area (Å²) in [6, 6.07) is 7.19. The van der Waals surface area contributed by atoms with E-state index in [1.807, 2.05) is 26.2 Å². The predicted octanol–water partition coefficient (Wildman–Crippen LogP) is 2.42. The Bertz CT molecular complexity index is 590. The number of anilines is 1. The van der Waals surface area contributed by atoms with Gasteiger partial charge in [0, 0.05) is 30.2 Å². The number of benzene rings is 1. The molecule has 5 nitrogen and oxygen atoms in total. The van der Waals surface area contributed by atoms with Crippen LogP contribution < -0.4 is 4.90 Å². The van der Waals surface area contributed by atoms with Crippen molar-refractivity contribution in [2.24, 2.45) is 0 Å². The number of aliphatic carboxylic acids is 1. The summed E-state index contributed by atoms with van der Waals surface area (Å²) in [5.41, 5.74) is 2.24. The molecule has 1 aromatic heterocycles. The van der Waals surface area contributed by atoms with Crippen LogP contribution in [0.15, 0.2) is 24.3 Å². The van der Waals surface area contributed by atoms with Gasteiger partial charge >= 0.3 is 5.97 Å². The maximum absolute atomic E-state index is 11.0. The first kappa shape index (κ1) is 13.4. The fraction of sp³-hybridized carbons (Fsp3) is 0.231. The molecule has 2 rings (SSSR count). The molecule has 0 aliphatic heterocycles. The van der Waals surface area contributed by atoms with Gasteiger partial charge in [-0.15, -0.1) is 0 Å². The van der Waals surface area contributed by atoms with E-state index in [4.69, 9.17) is 16.7 Å². The third-order valence-corrected chi connectivity index (χ3v) is 2.98. The number of halogens is 1. The van der Waals surface area contributed by atoms with Crippen molar-refractivity contribution in [1.29, 1.82) is 0 Å². The van der Waals surface area contributed by atoms with Crippen molar-refractivity contribution in [3.63, 3.8) is 0 Å². The number of hydrogen-bond acceptors (Lipinski definition) is 3. The van der Waals surface area contributed by atoms with Gasteiger partial charge in [-0.2, -0.15) is 5.10 Å². The Morgan fingerprint density at radius 1 is 1.37 bits per heavy atom. The summed E-state index contributed by atoms with van der Waals surface area (Å²) in [7, 11) is 3.65. The van der Waals surface area contributed by atoms with E-state index in [1.165, 1.54) is 0 Å². The van der Waals surface area contributed by atoms with Crippen LogP contribution in [0.5, 0.6) is 0 Å². The molecule has 0 radical (unpaired) electrons. The average Bonchev–Trinajstić information content (AvgIpc) is 2.73. The molecule has 1 aromatic carbocycles. The lowest BCUT2D eigenvalue weighted by molar-refractivity contribution is -0.136. The van der Waals surface area contributed by atoms with Gasteiger partial charge in [-0.3, -0.25) is 9.89 Å². The molecule has 0 unspecified atom stereocenters. The Kier molecular flexibility index (Phi) is 3.76. The Morgan fingerprint density at radius 3 is 2.53 bits per heavy atom. The average molecular weight is 280 g/mol. The molecule has 0 saturated carbocycles. The van der Waals surface area contributed by atoms with Crippen LogP contribution in [0.4, 0.5) is 5.82 Å². The number of aromatic nitrogens is 2. The molecular weight excluding hydrogens is 266 g/mol.